The number of nitrogens with one attached hydrogen (secondary N) is 1. The standard InChI is InChI=1S/C17H19N3O/c21-17(11-14-5-2-1-3-6-14)20-10-9-19-13-16(20)15-7-4-8-18-12-15/h1-8,12,16,19H,9-11,13H2. The lowest BCUT2D eigenvalue weighted by atomic mass is 10.0. The molecule has 1 saturated heterocycles. The van der Waals surface area contributed by atoms with Gasteiger partial charge in [0.2, 0.25) is 5.91 Å². The number of pyridine rings is 1. The minimum absolute atomic E-state index is 0.0728. The number of hydrogen-bond donors (Lipinski definition) is 1. The third kappa shape index (κ3) is 3.28. The first-order valence-corrected chi connectivity index (χ1v) is 7.28. The SMILES string of the molecule is O=C(Cc1ccccc1)N1CCNCC1c1cccnc1. The van der Waals surface area contributed by atoms with Gasteiger partial charge in [0.05, 0.1) is 12.5 Å². The average molecular weight is 281 g/mol. The van der Waals surface area contributed by atoms with E-state index < -0.39 is 0 Å². The Morgan fingerprint density at radius 3 is 2.86 bits per heavy atom. The highest BCUT2D eigenvalue weighted by Gasteiger charge is 2.27. The molecule has 4 nitrogen and oxygen atoms in total. The Balaban J connectivity index is 1.76. The topological polar surface area (TPSA) is 45.2 Å². The van der Waals surface area contributed by atoms with E-state index in [9.17, 15) is 4.79 Å². The van der Waals surface area contributed by atoms with Crippen LogP contribution in [-0.2, 0) is 11.2 Å². The zero-order valence-corrected chi connectivity index (χ0v) is 11.9. The maximum absolute atomic E-state index is 12.6. The fraction of sp³-hybridized carbons (Fsp3) is 0.294. The summed E-state index contributed by atoms with van der Waals surface area (Å²) in [4.78, 5) is 18.8. The molecule has 2 heterocycles. The summed E-state index contributed by atoms with van der Waals surface area (Å²) in [5.74, 6) is 0.177. The van der Waals surface area contributed by atoms with Crippen LogP contribution in [0.3, 0.4) is 0 Å². The van der Waals surface area contributed by atoms with E-state index in [0.717, 1.165) is 30.8 Å². The summed E-state index contributed by atoms with van der Waals surface area (Å²) in [5.41, 5.74) is 2.15. The summed E-state index contributed by atoms with van der Waals surface area (Å²) in [5, 5.41) is 3.36. The maximum Gasteiger partial charge on any atom is 0.227 e. The molecule has 1 amide bonds. The van der Waals surface area contributed by atoms with Gasteiger partial charge in [-0.1, -0.05) is 36.4 Å². The largest absolute Gasteiger partial charge is 0.333 e. The maximum atomic E-state index is 12.6. The van der Waals surface area contributed by atoms with Crippen LogP contribution in [0.1, 0.15) is 17.2 Å². The van der Waals surface area contributed by atoms with Gasteiger partial charge < -0.3 is 10.2 Å². The highest BCUT2D eigenvalue weighted by molar-refractivity contribution is 5.79. The Bertz CT molecular complexity index is 585. The highest BCUT2D eigenvalue weighted by atomic mass is 16.2. The molecule has 1 aliphatic rings. The summed E-state index contributed by atoms with van der Waals surface area (Å²) in [7, 11) is 0. The number of amides is 1. The van der Waals surface area contributed by atoms with Crippen molar-refractivity contribution in [2.45, 2.75) is 12.5 Å². The van der Waals surface area contributed by atoms with Crippen molar-refractivity contribution >= 4 is 5.91 Å². The number of piperazine rings is 1. The van der Waals surface area contributed by atoms with Gasteiger partial charge in [-0.3, -0.25) is 9.78 Å². The molecule has 0 saturated carbocycles. The molecule has 1 aromatic heterocycles. The molecule has 2 aromatic rings. The van der Waals surface area contributed by atoms with Gasteiger partial charge in [-0.2, -0.15) is 0 Å². The third-order valence-corrected chi connectivity index (χ3v) is 3.83. The summed E-state index contributed by atoms with van der Waals surface area (Å²) in [6, 6.07) is 13.9. The van der Waals surface area contributed by atoms with Gasteiger partial charge in [0.1, 0.15) is 0 Å². The van der Waals surface area contributed by atoms with E-state index in [0.29, 0.717) is 6.42 Å². The van der Waals surface area contributed by atoms with Gasteiger partial charge in [-0.25, -0.2) is 0 Å². The molecule has 1 atom stereocenters. The van der Waals surface area contributed by atoms with Gasteiger partial charge in [0, 0.05) is 32.0 Å². The van der Waals surface area contributed by atoms with Crippen LogP contribution < -0.4 is 5.32 Å². The first-order chi connectivity index (χ1) is 10.3. The molecule has 1 unspecified atom stereocenters. The highest BCUT2D eigenvalue weighted by Crippen LogP contribution is 2.22. The number of carbonyl (C=O) groups excluding carboxylic acids is 1. The van der Waals surface area contributed by atoms with Crippen LogP contribution in [0.25, 0.3) is 0 Å². The molecule has 1 aromatic carbocycles. The van der Waals surface area contributed by atoms with Gasteiger partial charge >= 0.3 is 0 Å². The van der Waals surface area contributed by atoms with Crippen molar-refractivity contribution in [3.8, 4) is 0 Å². The van der Waals surface area contributed by atoms with Crippen LogP contribution in [0.5, 0.6) is 0 Å². The summed E-state index contributed by atoms with van der Waals surface area (Å²) < 4.78 is 0. The van der Waals surface area contributed by atoms with E-state index in [-0.39, 0.29) is 11.9 Å². The van der Waals surface area contributed by atoms with Crippen LogP contribution in [0.15, 0.2) is 54.9 Å². The van der Waals surface area contributed by atoms with Crippen molar-refractivity contribution in [2.24, 2.45) is 0 Å². The fourth-order valence-corrected chi connectivity index (χ4v) is 2.75. The van der Waals surface area contributed by atoms with Gasteiger partial charge in [-0.05, 0) is 17.2 Å². The number of rotatable bonds is 3. The average Bonchev–Trinajstić information content (AvgIpc) is 2.56. The molecule has 4 heteroatoms. The molecule has 1 aliphatic heterocycles. The van der Waals surface area contributed by atoms with Crippen molar-refractivity contribution in [1.29, 1.82) is 0 Å². The van der Waals surface area contributed by atoms with Crippen molar-refractivity contribution in [2.75, 3.05) is 19.6 Å². The number of hydrogen-bond acceptors (Lipinski definition) is 3. The quantitative estimate of drug-likeness (QED) is 0.933. The van der Waals surface area contributed by atoms with Crippen LogP contribution in [0.2, 0.25) is 0 Å². The monoisotopic (exact) mass is 281 g/mol. The normalized spacial score (nSPS) is 18.5. The molecule has 21 heavy (non-hydrogen) atoms. The zero-order valence-electron chi connectivity index (χ0n) is 11.9. The molecule has 0 radical (unpaired) electrons. The third-order valence-electron chi connectivity index (χ3n) is 3.83. The van der Waals surface area contributed by atoms with Gasteiger partial charge in [-0.15, -0.1) is 0 Å². The molecule has 108 valence electrons. The molecule has 1 N–H and O–H groups in total. The molecular weight excluding hydrogens is 262 g/mol. The lowest BCUT2D eigenvalue weighted by molar-refractivity contribution is -0.133. The van der Waals surface area contributed by atoms with Crippen molar-refractivity contribution < 1.29 is 4.79 Å². The molecular formula is C17H19N3O. The number of carbonyl (C=O) groups is 1. The fourth-order valence-electron chi connectivity index (χ4n) is 2.75. The van der Waals surface area contributed by atoms with Crippen molar-refractivity contribution in [1.82, 2.24) is 15.2 Å². The smallest absolute Gasteiger partial charge is 0.227 e. The van der Waals surface area contributed by atoms with Crippen LogP contribution in [-0.4, -0.2) is 35.4 Å². The summed E-state index contributed by atoms with van der Waals surface area (Å²) >= 11 is 0. The molecule has 1 fully saturated rings. The Hall–Kier alpha value is -2.20. The van der Waals surface area contributed by atoms with E-state index in [1.807, 2.05) is 53.6 Å². The summed E-state index contributed by atoms with van der Waals surface area (Å²) in [6.45, 7) is 2.37. The number of nitrogens with zero attached hydrogens (tertiary/aromatic N) is 2. The van der Waals surface area contributed by atoms with E-state index in [1.54, 1.807) is 6.20 Å². The Morgan fingerprint density at radius 1 is 1.24 bits per heavy atom. The van der Waals surface area contributed by atoms with Crippen LogP contribution >= 0.6 is 0 Å². The lowest BCUT2D eigenvalue weighted by Crippen LogP contribution is -2.49. The summed E-state index contributed by atoms with van der Waals surface area (Å²) in [6.07, 6.45) is 4.06. The lowest BCUT2D eigenvalue weighted by Gasteiger charge is -2.36. The first kappa shape index (κ1) is 13.8. The van der Waals surface area contributed by atoms with E-state index in [1.165, 1.54) is 0 Å². The molecule has 0 spiro atoms. The molecule has 0 bridgehead atoms. The van der Waals surface area contributed by atoms with E-state index >= 15 is 0 Å². The van der Waals surface area contributed by atoms with E-state index in [2.05, 4.69) is 10.3 Å². The van der Waals surface area contributed by atoms with Crippen LogP contribution in [0.4, 0.5) is 0 Å². The minimum atomic E-state index is 0.0728. The Kier molecular flexibility index (Phi) is 4.26. The second-order valence-electron chi connectivity index (χ2n) is 5.26. The second-order valence-corrected chi connectivity index (χ2v) is 5.26. The first-order valence-electron chi connectivity index (χ1n) is 7.28. The Labute approximate surface area is 124 Å². The van der Waals surface area contributed by atoms with Gasteiger partial charge in [0.15, 0.2) is 0 Å². The number of benzene rings is 1. The molecule has 3 rings (SSSR count). The van der Waals surface area contributed by atoms with Crippen molar-refractivity contribution in [3.05, 3.63) is 66.0 Å². The van der Waals surface area contributed by atoms with Crippen molar-refractivity contribution in [3.63, 3.8) is 0 Å². The predicted octanol–water partition coefficient (Wildman–Crippen LogP) is 1.80. The Morgan fingerprint density at radius 2 is 2.10 bits per heavy atom. The second kappa shape index (κ2) is 6.50. The van der Waals surface area contributed by atoms with Crippen LogP contribution in [0, 0.1) is 0 Å². The zero-order chi connectivity index (χ0) is 14.5. The number of aromatic nitrogens is 1. The minimum Gasteiger partial charge on any atom is -0.333 e. The predicted molar refractivity (Wildman–Crippen MR) is 81.7 cm³/mol. The van der Waals surface area contributed by atoms with E-state index in [4.69, 9.17) is 0 Å². The van der Waals surface area contributed by atoms with Gasteiger partial charge in [0.25, 0.3) is 0 Å². The molecule has 0 aliphatic carbocycles.